The second-order valence-corrected chi connectivity index (χ2v) is 5.14. The van der Waals surface area contributed by atoms with Crippen LogP contribution in [0.2, 0.25) is 0 Å². The maximum absolute atomic E-state index is 12.3. The summed E-state index contributed by atoms with van der Waals surface area (Å²) >= 11 is 4.20. The highest BCUT2D eigenvalue weighted by Crippen LogP contribution is 2.22. The largest absolute Gasteiger partial charge is 0.494 e. The Morgan fingerprint density at radius 3 is 2.38 bits per heavy atom. The van der Waals surface area contributed by atoms with Crippen LogP contribution in [0.4, 0.5) is 0 Å². The molecule has 3 nitrogen and oxygen atoms in total. The van der Waals surface area contributed by atoms with Crippen LogP contribution in [0.15, 0.2) is 41.2 Å². The Bertz CT molecular complexity index is 647. The van der Waals surface area contributed by atoms with Crippen molar-refractivity contribution >= 4 is 12.6 Å². The lowest BCUT2D eigenvalue weighted by Gasteiger charge is -2.13. The SMILES string of the molecule is CCCOc1ccc(-c2ccc(CS)c(=O)n2CC)cc1. The van der Waals surface area contributed by atoms with Gasteiger partial charge in [-0.3, -0.25) is 4.79 Å². The third-order valence-electron chi connectivity index (χ3n) is 3.36. The summed E-state index contributed by atoms with van der Waals surface area (Å²) in [5, 5.41) is 0. The summed E-state index contributed by atoms with van der Waals surface area (Å²) in [6, 6.07) is 11.7. The predicted molar refractivity (Wildman–Crippen MR) is 90.3 cm³/mol. The number of rotatable bonds is 6. The zero-order valence-electron chi connectivity index (χ0n) is 12.5. The van der Waals surface area contributed by atoms with Crippen molar-refractivity contribution in [1.82, 2.24) is 4.57 Å². The summed E-state index contributed by atoms with van der Waals surface area (Å²) in [5.74, 6) is 1.32. The minimum absolute atomic E-state index is 0.0382. The third-order valence-corrected chi connectivity index (χ3v) is 3.70. The van der Waals surface area contributed by atoms with Crippen LogP contribution in [-0.4, -0.2) is 11.2 Å². The van der Waals surface area contributed by atoms with Gasteiger partial charge in [0.2, 0.25) is 0 Å². The van der Waals surface area contributed by atoms with Crippen LogP contribution in [0.5, 0.6) is 5.75 Å². The zero-order chi connectivity index (χ0) is 15.2. The quantitative estimate of drug-likeness (QED) is 0.824. The van der Waals surface area contributed by atoms with E-state index in [0.29, 0.717) is 12.3 Å². The second kappa shape index (κ2) is 7.36. The Kier molecular flexibility index (Phi) is 5.51. The third kappa shape index (κ3) is 3.50. The molecular formula is C17H21NO2S. The van der Waals surface area contributed by atoms with Crippen molar-refractivity contribution in [2.45, 2.75) is 32.6 Å². The average Bonchev–Trinajstić information content (AvgIpc) is 2.53. The van der Waals surface area contributed by atoms with Crippen LogP contribution >= 0.6 is 12.6 Å². The standard InChI is InChI=1S/C17H21NO2S/c1-3-11-20-15-8-5-13(6-9-15)16-10-7-14(12-21)17(19)18(16)4-2/h5-10,21H,3-4,11-12H2,1-2H3. The number of pyridine rings is 1. The van der Waals surface area contributed by atoms with E-state index in [-0.39, 0.29) is 5.56 Å². The first kappa shape index (κ1) is 15.7. The van der Waals surface area contributed by atoms with Gasteiger partial charge in [-0.1, -0.05) is 13.0 Å². The lowest BCUT2D eigenvalue weighted by molar-refractivity contribution is 0.317. The number of ether oxygens (including phenoxy) is 1. The van der Waals surface area contributed by atoms with Gasteiger partial charge < -0.3 is 9.30 Å². The molecule has 4 heteroatoms. The van der Waals surface area contributed by atoms with E-state index >= 15 is 0 Å². The molecule has 0 aliphatic heterocycles. The van der Waals surface area contributed by atoms with Crippen molar-refractivity contribution in [3.63, 3.8) is 0 Å². The van der Waals surface area contributed by atoms with Crippen LogP contribution in [0, 0.1) is 0 Å². The van der Waals surface area contributed by atoms with Gasteiger partial charge in [0.15, 0.2) is 0 Å². The molecule has 0 saturated heterocycles. The van der Waals surface area contributed by atoms with Gasteiger partial charge in [0.25, 0.3) is 5.56 Å². The molecule has 0 N–H and O–H groups in total. The van der Waals surface area contributed by atoms with Gasteiger partial charge in [-0.05, 0) is 49.2 Å². The Morgan fingerprint density at radius 1 is 1.10 bits per heavy atom. The highest BCUT2D eigenvalue weighted by Gasteiger charge is 2.08. The second-order valence-electron chi connectivity index (χ2n) is 4.82. The van der Waals surface area contributed by atoms with Crippen molar-refractivity contribution in [2.75, 3.05) is 6.61 Å². The topological polar surface area (TPSA) is 31.2 Å². The van der Waals surface area contributed by atoms with E-state index < -0.39 is 0 Å². The molecule has 0 atom stereocenters. The van der Waals surface area contributed by atoms with E-state index in [4.69, 9.17) is 4.74 Å². The van der Waals surface area contributed by atoms with Crippen molar-refractivity contribution in [1.29, 1.82) is 0 Å². The van der Waals surface area contributed by atoms with Crippen LogP contribution in [0.25, 0.3) is 11.3 Å². The summed E-state index contributed by atoms with van der Waals surface area (Å²) in [7, 11) is 0. The van der Waals surface area contributed by atoms with Gasteiger partial charge in [0, 0.05) is 17.9 Å². The lowest BCUT2D eigenvalue weighted by atomic mass is 10.1. The minimum atomic E-state index is 0.0382. The van der Waals surface area contributed by atoms with Gasteiger partial charge in [-0.2, -0.15) is 12.6 Å². The monoisotopic (exact) mass is 303 g/mol. The van der Waals surface area contributed by atoms with E-state index in [1.165, 1.54) is 0 Å². The van der Waals surface area contributed by atoms with Crippen LogP contribution in [-0.2, 0) is 12.3 Å². The average molecular weight is 303 g/mol. The summed E-state index contributed by atoms with van der Waals surface area (Å²) in [4.78, 5) is 12.3. The van der Waals surface area contributed by atoms with E-state index in [2.05, 4.69) is 19.6 Å². The molecule has 21 heavy (non-hydrogen) atoms. The molecule has 0 amide bonds. The first-order valence-corrected chi connectivity index (χ1v) is 7.91. The molecule has 1 heterocycles. The fourth-order valence-electron chi connectivity index (χ4n) is 2.25. The Hall–Kier alpha value is -1.68. The van der Waals surface area contributed by atoms with Crippen LogP contribution in [0.1, 0.15) is 25.8 Å². The number of hydrogen-bond acceptors (Lipinski definition) is 3. The van der Waals surface area contributed by atoms with Gasteiger partial charge in [0.1, 0.15) is 5.75 Å². The number of thiol groups is 1. The Labute approximate surface area is 131 Å². The maximum Gasteiger partial charge on any atom is 0.255 e. The highest BCUT2D eigenvalue weighted by atomic mass is 32.1. The smallest absolute Gasteiger partial charge is 0.255 e. The molecule has 0 radical (unpaired) electrons. The molecule has 1 aromatic heterocycles. The van der Waals surface area contributed by atoms with E-state index in [0.717, 1.165) is 35.6 Å². The Morgan fingerprint density at radius 2 is 1.81 bits per heavy atom. The molecule has 0 aliphatic carbocycles. The molecule has 0 unspecified atom stereocenters. The number of nitrogens with zero attached hydrogens (tertiary/aromatic N) is 1. The van der Waals surface area contributed by atoms with Crippen molar-refractivity contribution < 1.29 is 4.74 Å². The molecule has 0 bridgehead atoms. The van der Waals surface area contributed by atoms with E-state index in [9.17, 15) is 4.79 Å². The summed E-state index contributed by atoms with van der Waals surface area (Å²) in [6.07, 6.45) is 0.988. The first-order valence-electron chi connectivity index (χ1n) is 7.28. The molecule has 0 fully saturated rings. The molecule has 2 aromatic rings. The molecule has 0 spiro atoms. The summed E-state index contributed by atoms with van der Waals surface area (Å²) in [5.41, 5.74) is 2.71. The molecule has 0 saturated carbocycles. The van der Waals surface area contributed by atoms with Crippen LogP contribution in [0.3, 0.4) is 0 Å². The molecule has 112 valence electrons. The zero-order valence-corrected chi connectivity index (χ0v) is 13.4. The molecule has 0 aliphatic rings. The van der Waals surface area contributed by atoms with Gasteiger partial charge >= 0.3 is 0 Å². The predicted octanol–water partition coefficient (Wildman–Crippen LogP) is 3.75. The van der Waals surface area contributed by atoms with E-state index in [1.807, 2.05) is 43.3 Å². The molecule has 1 aromatic carbocycles. The van der Waals surface area contributed by atoms with Crippen molar-refractivity contribution in [3.05, 3.63) is 52.3 Å². The van der Waals surface area contributed by atoms with Crippen molar-refractivity contribution in [3.8, 4) is 17.0 Å². The van der Waals surface area contributed by atoms with Crippen molar-refractivity contribution in [2.24, 2.45) is 0 Å². The Balaban J connectivity index is 2.37. The molecule has 2 rings (SSSR count). The van der Waals surface area contributed by atoms with Gasteiger partial charge in [-0.15, -0.1) is 0 Å². The van der Waals surface area contributed by atoms with Gasteiger partial charge in [0.05, 0.1) is 12.3 Å². The normalized spacial score (nSPS) is 10.6. The molecular weight excluding hydrogens is 282 g/mol. The summed E-state index contributed by atoms with van der Waals surface area (Å²) in [6.45, 7) is 5.42. The minimum Gasteiger partial charge on any atom is -0.494 e. The van der Waals surface area contributed by atoms with Crippen LogP contribution < -0.4 is 10.3 Å². The highest BCUT2D eigenvalue weighted by molar-refractivity contribution is 7.79. The lowest BCUT2D eigenvalue weighted by Crippen LogP contribution is -2.23. The number of aromatic nitrogens is 1. The summed E-state index contributed by atoms with van der Waals surface area (Å²) < 4.78 is 7.37. The first-order chi connectivity index (χ1) is 10.2. The van der Waals surface area contributed by atoms with E-state index in [1.54, 1.807) is 4.57 Å². The fraction of sp³-hybridized carbons (Fsp3) is 0.353. The number of hydrogen-bond donors (Lipinski definition) is 1. The fourth-order valence-corrected chi connectivity index (χ4v) is 2.49. The maximum atomic E-state index is 12.3. The number of benzene rings is 1. The van der Waals surface area contributed by atoms with Gasteiger partial charge in [-0.25, -0.2) is 0 Å².